The quantitative estimate of drug-likeness (QED) is 0.602. The standard InChI is InChI=1S/C10H11ClO3S/c1-2-15(13,14)10(11)9(12)8-6-4-3-5-7-8/h3-7,10H,2H2,1H3/t10-/m0/s1. The molecule has 1 aromatic carbocycles. The highest BCUT2D eigenvalue weighted by Crippen LogP contribution is 2.14. The smallest absolute Gasteiger partial charge is 0.197 e. The molecule has 0 aromatic heterocycles. The van der Waals surface area contributed by atoms with Gasteiger partial charge in [0.2, 0.25) is 0 Å². The van der Waals surface area contributed by atoms with Gasteiger partial charge in [0.25, 0.3) is 0 Å². The van der Waals surface area contributed by atoms with E-state index >= 15 is 0 Å². The predicted octanol–water partition coefficient (Wildman–Crippen LogP) is 1.87. The van der Waals surface area contributed by atoms with Crippen LogP contribution in [0.1, 0.15) is 17.3 Å². The largest absolute Gasteiger partial charge is 0.291 e. The summed E-state index contributed by atoms with van der Waals surface area (Å²) in [5.74, 6) is -0.709. The summed E-state index contributed by atoms with van der Waals surface area (Å²) in [7, 11) is -3.53. The maximum Gasteiger partial charge on any atom is 0.197 e. The van der Waals surface area contributed by atoms with Gasteiger partial charge in [-0.1, -0.05) is 48.9 Å². The van der Waals surface area contributed by atoms with Gasteiger partial charge in [-0.3, -0.25) is 4.79 Å². The molecular formula is C10H11ClO3S. The van der Waals surface area contributed by atoms with Crippen LogP contribution < -0.4 is 0 Å². The first kappa shape index (κ1) is 12.2. The molecule has 82 valence electrons. The van der Waals surface area contributed by atoms with E-state index < -0.39 is 20.3 Å². The summed E-state index contributed by atoms with van der Waals surface area (Å²) >= 11 is 5.62. The van der Waals surface area contributed by atoms with Gasteiger partial charge >= 0.3 is 0 Å². The molecule has 0 saturated heterocycles. The van der Waals surface area contributed by atoms with Crippen molar-refractivity contribution >= 4 is 27.2 Å². The van der Waals surface area contributed by atoms with Crippen molar-refractivity contribution in [2.45, 2.75) is 11.6 Å². The van der Waals surface area contributed by atoms with E-state index in [9.17, 15) is 13.2 Å². The number of ketones is 1. The van der Waals surface area contributed by atoms with Crippen molar-refractivity contribution in [2.24, 2.45) is 0 Å². The van der Waals surface area contributed by atoms with Gasteiger partial charge in [-0.05, 0) is 0 Å². The number of carbonyl (C=O) groups excluding carboxylic acids is 1. The third-order valence-electron chi connectivity index (χ3n) is 1.98. The molecule has 0 heterocycles. The third kappa shape index (κ3) is 2.79. The van der Waals surface area contributed by atoms with Crippen molar-refractivity contribution in [3.8, 4) is 0 Å². The van der Waals surface area contributed by atoms with Crippen molar-refractivity contribution in [3.05, 3.63) is 35.9 Å². The second-order valence-corrected chi connectivity index (χ2v) is 6.07. The fourth-order valence-corrected chi connectivity index (χ4v) is 2.30. The Hall–Kier alpha value is -0.870. The van der Waals surface area contributed by atoms with Crippen molar-refractivity contribution in [1.82, 2.24) is 0 Å². The molecule has 0 spiro atoms. The Morgan fingerprint density at radius 2 is 1.87 bits per heavy atom. The van der Waals surface area contributed by atoms with E-state index in [0.29, 0.717) is 5.56 Å². The minimum absolute atomic E-state index is 0.139. The zero-order valence-corrected chi connectivity index (χ0v) is 9.75. The van der Waals surface area contributed by atoms with Crippen LogP contribution in [0.15, 0.2) is 30.3 Å². The fraction of sp³-hybridized carbons (Fsp3) is 0.300. The average molecular weight is 247 g/mol. The molecule has 3 nitrogen and oxygen atoms in total. The van der Waals surface area contributed by atoms with Crippen molar-refractivity contribution in [2.75, 3.05) is 5.75 Å². The van der Waals surface area contributed by atoms with Crippen molar-refractivity contribution in [3.63, 3.8) is 0 Å². The lowest BCUT2D eigenvalue weighted by Crippen LogP contribution is -2.26. The molecule has 0 amide bonds. The summed E-state index contributed by atoms with van der Waals surface area (Å²) < 4.78 is 21.2. The lowest BCUT2D eigenvalue weighted by atomic mass is 10.1. The second kappa shape index (κ2) is 4.77. The lowest BCUT2D eigenvalue weighted by Gasteiger charge is -2.07. The number of Topliss-reactive ketones (excluding diaryl/α,β-unsaturated/α-hetero) is 1. The highest BCUT2D eigenvalue weighted by Gasteiger charge is 2.29. The van der Waals surface area contributed by atoms with Gasteiger partial charge in [0, 0.05) is 11.3 Å². The van der Waals surface area contributed by atoms with Crippen LogP contribution in [0.25, 0.3) is 0 Å². The van der Waals surface area contributed by atoms with Crippen LogP contribution in [-0.2, 0) is 9.84 Å². The monoisotopic (exact) mass is 246 g/mol. The molecule has 0 N–H and O–H groups in total. The van der Waals surface area contributed by atoms with Gasteiger partial charge in [-0.15, -0.1) is 0 Å². The van der Waals surface area contributed by atoms with Gasteiger partial charge in [-0.25, -0.2) is 8.42 Å². The Labute approximate surface area is 94.0 Å². The van der Waals surface area contributed by atoms with Crippen LogP contribution in [-0.4, -0.2) is 24.7 Å². The number of benzene rings is 1. The number of hydrogen-bond acceptors (Lipinski definition) is 3. The third-order valence-corrected chi connectivity index (χ3v) is 4.64. The van der Waals surface area contributed by atoms with E-state index in [-0.39, 0.29) is 5.75 Å². The Morgan fingerprint density at radius 3 is 2.33 bits per heavy atom. The summed E-state index contributed by atoms with van der Waals surface area (Å²) in [5.41, 5.74) is 0.314. The number of sulfone groups is 1. The lowest BCUT2D eigenvalue weighted by molar-refractivity contribution is 0.101. The summed E-state index contributed by atoms with van der Waals surface area (Å²) in [6.45, 7) is 1.46. The fourth-order valence-electron chi connectivity index (χ4n) is 1.04. The van der Waals surface area contributed by atoms with Crippen molar-refractivity contribution in [1.29, 1.82) is 0 Å². The second-order valence-electron chi connectivity index (χ2n) is 3.00. The van der Waals surface area contributed by atoms with Crippen molar-refractivity contribution < 1.29 is 13.2 Å². The normalized spacial score (nSPS) is 13.5. The first-order valence-corrected chi connectivity index (χ1v) is 6.59. The summed E-state index contributed by atoms with van der Waals surface area (Å²) in [4.78, 5) is 11.6. The maximum atomic E-state index is 11.6. The van der Waals surface area contributed by atoms with Gasteiger partial charge < -0.3 is 0 Å². The topological polar surface area (TPSA) is 51.2 Å². The molecule has 1 aromatic rings. The summed E-state index contributed by atoms with van der Waals surface area (Å²) in [6, 6.07) is 8.16. The van der Waals surface area contributed by atoms with Gasteiger partial charge in [0.15, 0.2) is 20.3 Å². The highest BCUT2D eigenvalue weighted by molar-refractivity contribution is 7.94. The number of carbonyl (C=O) groups is 1. The van der Waals surface area contributed by atoms with E-state index in [1.807, 2.05) is 0 Å². The summed E-state index contributed by atoms with van der Waals surface area (Å²) in [6.07, 6.45) is 0. The van der Waals surface area contributed by atoms with Crippen LogP contribution in [0.2, 0.25) is 0 Å². The number of hydrogen-bond donors (Lipinski definition) is 0. The Kier molecular flexibility index (Phi) is 3.88. The molecule has 0 aliphatic rings. The van der Waals surface area contributed by atoms with E-state index in [2.05, 4.69) is 0 Å². The molecule has 1 atom stereocenters. The Balaban J connectivity index is 2.97. The molecule has 5 heteroatoms. The number of alkyl halides is 1. The van der Waals surface area contributed by atoms with E-state index in [0.717, 1.165) is 0 Å². The zero-order valence-electron chi connectivity index (χ0n) is 8.18. The minimum Gasteiger partial charge on any atom is -0.291 e. The molecule has 1 rings (SSSR count). The van der Waals surface area contributed by atoms with Crippen LogP contribution in [0.5, 0.6) is 0 Å². The molecule has 15 heavy (non-hydrogen) atoms. The first-order chi connectivity index (χ1) is 6.99. The summed E-state index contributed by atoms with van der Waals surface area (Å²) in [5, 5.41) is 0. The molecular weight excluding hydrogens is 236 g/mol. The molecule has 0 bridgehead atoms. The van der Waals surface area contributed by atoms with Gasteiger partial charge in [-0.2, -0.15) is 0 Å². The first-order valence-electron chi connectivity index (χ1n) is 4.44. The molecule has 0 saturated carbocycles. The van der Waals surface area contributed by atoms with E-state index in [4.69, 9.17) is 11.6 Å². The molecule has 0 unspecified atom stereocenters. The number of rotatable bonds is 4. The van der Waals surface area contributed by atoms with Crippen LogP contribution in [0.3, 0.4) is 0 Å². The van der Waals surface area contributed by atoms with E-state index in [1.54, 1.807) is 30.3 Å². The van der Waals surface area contributed by atoms with Crippen LogP contribution >= 0.6 is 11.6 Å². The molecule has 0 aliphatic heterocycles. The molecule has 0 radical (unpaired) electrons. The Bertz CT molecular complexity index is 439. The Morgan fingerprint density at radius 1 is 1.33 bits per heavy atom. The zero-order chi connectivity index (χ0) is 11.5. The highest BCUT2D eigenvalue weighted by atomic mass is 35.5. The van der Waals surface area contributed by atoms with E-state index in [1.165, 1.54) is 6.92 Å². The minimum atomic E-state index is -3.53. The number of halogens is 1. The maximum absolute atomic E-state index is 11.6. The molecule has 0 aliphatic carbocycles. The SMILES string of the molecule is CCS(=O)(=O)[C@H](Cl)C(=O)c1ccccc1. The van der Waals surface area contributed by atoms with Gasteiger partial charge in [0.05, 0.1) is 0 Å². The van der Waals surface area contributed by atoms with Gasteiger partial charge in [0.1, 0.15) is 0 Å². The molecule has 0 fully saturated rings. The van der Waals surface area contributed by atoms with Crippen LogP contribution in [0.4, 0.5) is 0 Å². The average Bonchev–Trinajstić information content (AvgIpc) is 2.28. The van der Waals surface area contributed by atoms with Crippen LogP contribution in [0, 0.1) is 0 Å². The predicted molar refractivity (Wildman–Crippen MR) is 59.9 cm³/mol.